The van der Waals surface area contributed by atoms with Gasteiger partial charge >= 0.3 is 0 Å². The number of hydrogen-bond donors (Lipinski definition) is 2. The molecule has 0 aliphatic rings. The fourth-order valence-corrected chi connectivity index (χ4v) is 4.28. The zero-order valence-corrected chi connectivity index (χ0v) is 20.6. The van der Waals surface area contributed by atoms with Crippen molar-refractivity contribution in [1.82, 2.24) is 15.3 Å². The maximum atomic E-state index is 12.4. The number of para-hydroxylation sites is 1. The Balaban J connectivity index is 1.34. The quantitative estimate of drug-likeness (QED) is 0.234. The van der Waals surface area contributed by atoms with Crippen LogP contribution in [0.15, 0.2) is 78.0 Å². The molecule has 0 bridgehead atoms. The van der Waals surface area contributed by atoms with Crippen molar-refractivity contribution in [3.8, 4) is 11.5 Å². The minimum absolute atomic E-state index is 0.0639. The van der Waals surface area contributed by atoms with Crippen molar-refractivity contribution in [2.45, 2.75) is 18.1 Å². The number of anilines is 1. The van der Waals surface area contributed by atoms with Crippen LogP contribution >= 0.6 is 11.8 Å². The smallest absolute Gasteiger partial charge is 0.230 e. The number of benzene rings is 3. The summed E-state index contributed by atoms with van der Waals surface area (Å²) in [6.07, 6.45) is 0.691. The highest BCUT2D eigenvalue weighted by Crippen LogP contribution is 2.28. The molecular weight excluding hydrogens is 460 g/mol. The van der Waals surface area contributed by atoms with E-state index in [0.29, 0.717) is 36.2 Å². The number of thioether (sulfide) groups is 1. The molecule has 0 spiro atoms. The van der Waals surface area contributed by atoms with Crippen molar-refractivity contribution in [3.63, 3.8) is 0 Å². The van der Waals surface area contributed by atoms with Gasteiger partial charge in [-0.3, -0.25) is 4.79 Å². The van der Waals surface area contributed by atoms with Crippen LogP contribution in [0, 0.1) is 0 Å². The summed E-state index contributed by atoms with van der Waals surface area (Å²) in [6, 6.07) is 23.8. The monoisotopic (exact) mass is 488 g/mol. The predicted octanol–water partition coefficient (Wildman–Crippen LogP) is 4.71. The van der Waals surface area contributed by atoms with E-state index in [-0.39, 0.29) is 11.7 Å². The molecule has 0 atom stereocenters. The van der Waals surface area contributed by atoms with Crippen LogP contribution in [0.25, 0.3) is 10.9 Å². The molecule has 3 aromatic carbocycles. The van der Waals surface area contributed by atoms with Crippen LogP contribution in [0.5, 0.6) is 11.5 Å². The lowest BCUT2D eigenvalue weighted by Gasteiger charge is -2.11. The van der Waals surface area contributed by atoms with Crippen LogP contribution in [-0.2, 0) is 17.8 Å². The van der Waals surface area contributed by atoms with Gasteiger partial charge in [0.2, 0.25) is 5.91 Å². The third-order valence-electron chi connectivity index (χ3n) is 5.40. The maximum absolute atomic E-state index is 12.4. The lowest BCUT2D eigenvalue weighted by Crippen LogP contribution is -2.27. The molecule has 0 aliphatic heterocycles. The van der Waals surface area contributed by atoms with Gasteiger partial charge in [-0.25, -0.2) is 9.97 Å². The number of rotatable bonds is 11. The number of hydrogen-bond acceptors (Lipinski definition) is 7. The topological polar surface area (TPSA) is 85.4 Å². The Labute approximate surface area is 209 Å². The minimum atomic E-state index is -0.0639. The summed E-state index contributed by atoms with van der Waals surface area (Å²) in [5.74, 6) is 2.30. The Morgan fingerprint density at radius 2 is 1.66 bits per heavy atom. The van der Waals surface area contributed by atoms with E-state index in [4.69, 9.17) is 9.47 Å². The average Bonchev–Trinajstić information content (AvgIpc) is 2.91. The fraction of sp³-hybridized carbons (Fsp3) is 0.222. The molecule has 0 unspecified atom stereocenters. The van der Waals surface area contributed by atoms with Crippen LogP contribution < -0.4 is 20.1 Å². The van der Waals surface area contributed by atoms with E-state index in [1.807, 2.05) is 60.7 Å². The number of nitrogens with zero attached hydrogens (tertiary/aromatic N) is 2. The van der Waals surface area contributed by atoms with Gasteiger partial charge in [0.1, 0.15) is 5.82 Å². The number of methoxy groups -OCH3 is 2. The van der Waals surface area contributed by atoms with Gasteiger partial charge in [-0.15, -0.1) is 0 Å². The third-order valence-corrected chi connectivity index (χ3v) is 6.25. The highest BCUT2D eigenvalue weighted by Gasteiger charge is 2.11. The highest BCUT2D eigenvalue weighted by molar-refractivity contribution is 7.99. The van der Waals surface area contributed by atoms with Gasteiger partial charge in [-0.1, -0.05) is 60.3 Å². The van der Waals surface area contributed by atoms with Crippen molar-refractivity contribution in [2.75, 3.05) is 31.8 Å². The van der Waals surface area contributed by atoms with Crippen LogP contribution in [0.2, 0.25) is 0 Å². The molecule has 7 nitrogen and oxygen atoms in total. The molecule has 0 radical (unpaired) electrons. The van der Waals surface area contributed by atoms with Crippen molar-refractivity contribution >= 4 is 34.4 Å². The third kappa shape index (κ3) is 6.64. The van der Waals surface area contributed by atoms with Gasteiger partial charge in [0, 0.05) is 18.5 Å². The SMILES string of the molecule is COc1ccc(CCNC(=O)CSc2nc(NCc3ccccc3)c3ccccc3n2)cc1OC. The first-order chi connectivity index (χ1) is 17.2. The van der Waals surface area contributed by atoms with Crippen LogP contribution in [0.4, 0.5) is 5.82 Å². The van der Waals surface area contributed by atoms with E-state index < -0.39 is 0 Å². The fourth-order valence-electron chi connectivity index (χ4n) is 3.60. The Kier molecular flexibility index (Phi) is 8.40. The van der Waals surface area contributed by atoms with Crippen molar-refractivity contribution in [2.24, 2.45) is 0 Å². The number of ether oxygens (including phenoxy) is 2. The van der Waals surface area contributed by atoms with E-state index in [9.17, 15) is 4.79 Å². The van der Waals surface area contributed by atoms with E-state index >= 15 is 0 Å². The zero-order valence-electron chi connectivity index (χ0n) is 19.8. The zero-order chi connectivity index (χ0) is 24.5. The Hall–Kier alpha value is -3.78. The first-order valence-electron chi connectivity index (χ1n) is 11.3. The Morgan fingerprint density at radius 1 is 0.886 bits per heavy atom. The largest absolute Gasteiger partial charge is 0.493 e. The number of fused-ring (bicyclic) bond motifs is 1. The van der Waals surface area contributed by atoms with Gasteiger partial charge < -0.3 is 20.1 Å². The van der Waals surface area contributed by atoms with E-state index in [2.05, 4.69) is 32.7 Å². The number of amides is 1. The second kappa shape index (κ2) is 12.1. The summed E-state index contributed by atoms with van der Waals surface area (Å²) >= 11 is 1.33. The molecule has 0 aliphatic carbocycles. The Bertz CT molecular complexity index is 1280. The molecule has 180 valence electrons. The first kappa shape index (κ1) is 24.3. The average molecular weight is 489 g/mol. The summed E-state index contributed by atoms with van der Waals surface area (Å²) in [5, 5.41) is 7.90. The number of carbonyl (C=O) groups is 1. The lowest BCUT2D eigenvalue weighted by atomic mass is 10.1. The first-order valence-corrected chi connectivity index (χ1v) is 12.3. The van der Waals surface area contributed by atoms with Gasteiger partial charge in [-0.05, 0) is 41.8 Å². The van der Waals surface area contributed by atoms with E-state index in [1.165, 1.54) is 17.3 Å². The predicted molar refractivity (Wildman–Crippen MR) is 140 cm³/mol. The van der Waals surface area contributed by atoms with Crippen molar-refractivity contribution < 1.29 is 14.3 Å². The van der Waals surface area contributed by atoms with Gasteiger partial charge in [0.05, 0.1) is 25.5 Å². The number of aromatic nitrogens is 2. The van der Waals surface area contributed by atoms with E-state index in [0.717, 1.165) is 22.3 Å². The second-order valence-corrected chi connectivity index (χ2v) is 8.73. The molecule has 1 heterocycles. The van der Waals surface area contributed by atoms with Gasteiger partial charge in [-0.2, -0.15) is 0 Å². The summed E-state index contributed by atoms with van der Waals surface area (Å²) in [4.78, 5) is 21.8. The van der Waals surface area contributed by atoms with Crippen molar-refractivity contribution in [1.29, 1.82) is 0 Å². The highest BCUT2D eigenvalue weighted by atomic mass is 32.2. The molecule has 4 aromatic rings. The molecule has 1 amide bonds. The maximum Gasteiger partial charge on any atom is 0.230 e. The van der Waals surface area contributed by atoms with Crippen molar-refractivity contribution in [3.05, 3.63) is 83.9 Å². The molecule has 8 heteroatoms. The summed E-state index contributed by atoms with van der Waals surface area (Å²) < 4.78 is 10.6. The standard InChI is InChI=1S/C27H28N4O3S/c1-33-23-13-12-19(16-24(23)34-2)14-15-28-25(32)18-35-27-30-22-11-7-6-10-21(22)26(31-27)29-17-20-8-4-3-5-9-20/h3-13,16H,14-15,17-18H2,1-2H3,(H,28,32)(H,29,30,31). The minimum Gasteiger partial charge on any atom is -0.493 e. The van der Waals surface area contributed by atoms with Crippen LogP contribution in [-0.4, -0.2) is 42.4 Å². The second-order valence-electron chi connectivity index (χ2n) is 7.79. The summed E-state index contributed by atoms with van der Waals surface area (Å²) in [5.41, 5.74) is 3.07. The number of carbonyl (C=O) groups excluding carboxylic acids is 1. The molecule has 2 N–H and O–H groups in total. The molecular formula is C27H28N4O3S. The summed E-state index contributed by atoms with van der Waals surface area (Å²) in [7, 11) is 3.22. The summed E-state index contributed by atoms with van der Waals surface area (Å²) in [6.45, 7) is 1.18. The molecule has 0 fully saturated rings. The molecule has 0 saturated heterocycles. The molecule has 35 heavy (non-hydrogen) atoms. The van der Waals surface area contributed by atoms with Crippen LogP contribution in [0.1, 0.15) is 11.1 Å². The van der Waals surface area contributed by atoms with Crippen LogP contribution in [0.3, 0.4) is 0 Å². The molecule has 1 aromatic heterocycles. The number of nitrogens with one attached hydrogen (secondary N) is 2. The molecule has 4 rings (SSSR count). The van der Waals surface area contributed by atoms with Gasteiger partial charge in [0.15, 0.2) is 16.7 Å². The van der Waals surface area contributed by atoms with Gasteiger partial charge in [0.25, 0.3) is 0 Å². The van der Waals surface area contributed by atoms with E-state index in [1.54, 1.807) is 14.2 Å². The Morgan fingerprint density at radius 3 is 2.46 bits per heavy atom. The molecule has 0 saturated carbocycles. The normalized spacial score (nSPS) is 10.7. The lowest BCUT2D eigenvalue weighted by molar-refractivity contribution is -0.118.